The number of nitrogens with one attached hydrogen (secondary N) is 1. The molecule has 2 aromatic heterocycles. The number of aliphatic hydroxyl groups is 1. The number of carbonyl (C=O) groups is 1. The van der Waals surface area contributed by atoms with E-state index >= 15 is 0 Å². The molecule has 0 unspecified atom stereocenters. The van der Waals surface area contributed by atoms with Crippen LogP contribution in [-0.4, -0.2) is 48.0 Å². The Morgan fingerprint density at radius 3 is 2.89 bits per heavy atom. The number of hydrogen-bond acceptors (Lipinski definition) is 10. The molecule has 2 heterocycles. The number of nitrogens with zero attached hydrogens (tertiary/aromatic N) is 2. The molecular formula is C24H28N4O6S2. The summed E-state index contributed by atoms with van der Waals surface area (Å²) in [5, 5.41) is 20.3. The Morgan fingerprint density at radius 1 is 1.31 bits per heavy atom. The molecule has 0 bridgehead atoms. The number of hydrogen-bond donors (Lipinski definition) is 3. The van der Waals surface area contributed by atoms with Crippen molar-refractivity contribution in [2.45, 2.75) is 44.9 Å². The highest BCUT2D eigenvalue weighted by atomic mass is 32.2. The average molecular weight is 533 g/mol. The quantitative estimate of drug-likeness (QED) is 0.316. The molecule has 4 rings (SSSR count). The molecular weight excluding hydrogens is 504 g/mol. The largest absolute Gasteiger partial charge is 0.489 e. The highest BCUT2D eigenvalue weighted by Gasteiger charge is 2.34. The molecule has 192 valence electrons. The van der Waals surface area contributed by atoms with Gasteiger partial charge in [0.05, 0.1) is 23.2 Å². The number of ether oxygens (including phenoxy) is 1. The number of para-hydroxylation sites is 1. The Balaban J connectivity index is 1.41. The van der Waals surface area contributed by atoms with Crippen LogP contribution < -0.4 is 15.2 Å². The number of benzene rings is 1. The summed E-state index contributed by atoms with van der Waals surface area (Å²) < 4.78 is 32.7. The van der Waals surface area contributed by atoms with Crippen LogP contribution in [0.3, 0.4) is 0 Å². The van der Waals surface area contributed by atoms with Crippen molar-refractivity contribution in [2.24, 2.45) is 11.1 Å². The standard InChI is InChI=1S/C24H28N4O6S2/c1-2-16-5-3-4-6-21(16)33-11-15-7-22(35-13-15)23(30)19-10-26-14-27-24(19)28-18-8-17(20(29)9-18)12-34-36(25,31)32/h3-7,10,13-14,17-18,20,29H,2,8-9,11-12H2,1H3,(H2,25,31,32)(H,26,27,28)/t17-,18-,20+/m1/s1. The van der Waals surface area contributed by atoms with Crippen LogP contribution >= 0.6 is 11.3 Å². The first-order chi connectivity index (χ1) is 17.2. The maximum atomic E-state index is 13.3. The van der Waals surface area contributed by atoms with Gasteiger partial charge >= 0.3 is 10.3 Å². The van der Waals surface area contributed by atoms with E-state index in [4.69, 9.17) is 9.88 Å². The molecule has 0 spiro atoms. The third-order valence-corrected chi connectivity index (χ3v) is 7.47. The maximum Gasteiger partial charge on any atom is 0.333 e. The number of aliphatic hydroxyl groups excluding tert-OH is 1. The van der Waals surface area contributed by atoms with Crippen LogP contribution in [0.25, 0.3) is 0 Å². The highest BCUT2D eigenvalue weighted by Crippen LogP contribution is 2.30. The summed E-state index contributed by atoms with van der Waals surface area (Å²) in [6, 6.07) is 9.44. The number of carbonyl (C=O) groups excluding carboxylic acids is 1. The van der Waals surface area contributed by atoms with E-state index in [2.05, 4.69) is 26.4 Å². The molecule has 0 amide bonds. The van der Waals surface area contributed by atoms with Crippen LogP contribution in [0.5, 0.6) is 5.75 Å². The molecule has 3 aromatic rings. The third kappa shape index (κ3) is 6.65. The minimum absolute atomic E-state index is 0.212. The van der Waals surface area contributed by atoms with Gasteiger partial charge in [0.1, 0.15) is 24.5 Å². The van der Waals surface area contributed by atoms with Crippen LogP contribution in [-0.2, 0) is 27.5 Å². The van der Waals surface area contributed by atoms with E-state index in [1.54, 1.807) is 6.07 Å². The van der Waals surface area contributed by atoms with Crippen molar-refractivity contribution in [3.63, 3.8) is 0 Å². The van der Waals surface area contributed by atoms with E-state index in [1.807, 2.05) is 29.6 Å². The van der Waals surface area contributed by atoms with Crippen molar-refractivity contribution in [1.82, 2.24) is 9.97 Å². The molecule has 1 aliphatic rings. The average Bonchev–Trinajstić information content (AvgIpc) is 3.47. The van der Waals surface area contributed by atoms with Gasteiger partial charge < -0.3 is 15.2 Å². The predicted octanol–water partition coefficient (Wildman–Crippen LogP) is 2.68. The van der Waals surface area contributed by atoms with Gasteiger partial charge in [0, 0.05) is 23.7 Å². The van der Waals surface area contributed by atoms with Crippen molar-refractivity contribution in [3.8, 4) is 5.75 Å². The minimum atomic E-state index is -4.09. The fraction of sp³-hybridized carbons (Fsp3) is 0.375. The lowest BCUT2D eigenvalue weighted by atomic mass is 10.1. The second-order valence-corrected chi connectivity index (χ2v) is 10.7. The molecule has 4 N–H and O–H groups in total. The summed E-state index contributed by atoms with van der Waals surface area (Å²) in [4.78, 5) is 22.0. The van der Waals surface area contributed by atoms with Gasteiger partial charge in [0.25, 0.3) is 0 Å². The van der Waals surface area contributed by atoms with Gasteiger partial charge in [0.15, 0.2) is 0 Å². The monoisotopic (exact) mass is 532 g/mol. The zero-order valence-electron chi connectivity index (χ0n) is 19.7. The van der Waals surface area contributed by atoms with Gasteiger partial charge in [-0.05, 0) is 42.3 Å². The minimum Gasteiger partial charge on any atom is -0.489 e. The summed E-state index contributed by atoms with van der Waals surface area (Å²) in [5.74, 6) is 0.535. The van der Waals surface area contributed by atoms with E-state index in [-0.39, 0.29) is 18.4 Å². The van der Waals surface area contributed by atoms with Crippen molar-refractivity contribution in [1.29, 1.82) is 0 Å². The first-order valence-electron chi connectivity index (χ1n) is 11.5. The Morgan fingerprint density at radius 2 is 2.11 bits per heavy atom. The van der Waals surface area contributed by atoms with E-state index < -0.39 is 22.3 Å². The number of ketones is 1. The van der Waals surface area contributed by atoms with Crippen LogP contribution in [0.4, 0.5) is 5.82 Å². The highest BCUT2D eigenvalue weighted by molar-refractivity contribution is 7.84. The van der Waals surface area contributed by atoms with Gasteiger partial charge in [-0.1, -0.05) is 25.1 Å². The maximum absolute atomic E-state index is 13.3. The zero-order chi connectivity index (χ0) is 25.7. The fourth-order valence-electron chi connectivity index (χ4n) is 4.19. The number of aromatic nitrogens is 2. The molecule has 36 heavy (non-hydrogen) atoms. The second kappa shape index (κ2) is 11.4. The topological polar surface area (TPSA) is 154 Å². The number of aryl methyl sites for hydroxylation is 1. The lowest BCUT2D eigenvalue weighted by Gasteiger charge is -2.15. The summed E-state index contributed by atoms with van der Waals surface area (Å²) in [6.07, 6.45) is 3.65. The fourth-order valence-corrected chi connectivity index (χ4v) is 5.40. The Hall–Kier alpha value is -2.90. The lowest BCUT2D eigenvalue weighted by Crippen LogP contribution is -2.24. The first kappa shape index (κ1) is 26.2. The summed E-state index contributed by atoms with van der Waals surface area (Å²) in [7, 11) is -4.09. The SMILES string of the molecule is CCc1ccccc1OCc1csc(C(=O)c2cncnc2N[C@@H]2C[C@H](COS(N)(=O)=O)[C@@H](O)C2)c1. The van der Waals surface area contributed by atoms with Crippen molar-refractivity contribution >= 4 is 33.2 Å². The third-order valence-electron chi connectivity index (χ3n) is 6.03. The molecule has 0 aliphatic heterocycles. The second-order valence-electron chi connectivity index (χ2n) is 8.60. The Bertz CT molecular complexity index is 1310. The Kier molecular flexibility index (Phi) is 8.32. The van der Waals surface area contributed by atoms with Crippen molar-refractivity contribution < 1.29 is 27.2 Å². The van der Waals surface area contributed by atoms with E-state index in [0.29, 0.717) is 35.7 Å². The van der Waals surface area contributed by atoms with Crippen LogP contribution in [0.2, 0.25) is 0 Å². The molecule has 3 atom stereocenters. The van der Waals surface area contributed by atoms with Gasteiger partial charge in [-0.25, -0.2) is 15.1 Å². The summed E-state index contributed by atoms with van der Waals surface area (Å²) in [6.45, 7) is 2.21. The number of anilines is 1. The van der Waals surface area contributed by atoms with E-state index in [9.17, 15) is 18.3 Å². The smallest absolute Gasteiger partial charge is 0.333 e. The van der Waals surface area contributed by atoms with Gasteiger partial charge in [-0.15, -0.1) is 11.3 Å². The van der Waals surface area contributed by atoms with Gasteiger partial charge in [-0.3, -0.25) is 8.98 Å². The number of rotatable bonds is 11. The Labute approximate surface area is 213 Å². The van der Waals surface area contributed by atoms with Gasteiger partial charge in [0.2, 0.25) is 5.78 Å². The van der Waals surface area contributed by atoms with Gasteiger partial charge in [-0.2, -0.15) is 8.42 Å². The summed E-state index contributed by atoms with van der Waals surface area (Å²) >= 11 is 1.32. The normalized spacial score (nSPS) is 19.8. The summed E-state index contributed by atoms with van der Waals surface area (Å²) in [5.41, 5.74) is 2.32. The molecule has 1 fully saturated rings. The molecule has 10 nitrogen and oxygen atoms in total. The molecule has 1 aliphatic carbocycles. The molecule has 0 radical (unpaired) electrons. The van der Waals surface area contributed by atoms with E-state index in [0.717, 1.165) is 23.3 Å². The van der Waals surface area contributed by atoms with Crippen molar-refractivity contribution in [2.75, 3.05) is 11.9 Å². The molecule has 1 aromatic carbocycles. The zero-order valence-corrected chi connectivity index (χ0v) is 21.3. The van der Waals surface area contributed by atoms with E-state index in [1.165, 1.54) is 23.9 Å². The van der Waals surface area contributed by atoms with Crippen LogP contribution in [0, 0.1) is 5.92 Å². The predicted molar refractivity (Wildman–Crippen MR) is 135 cm³/mol. The molecule has 0 saturated heterocycles. The lowest BCUT2D eigenvalue weighted by molar-refractivity contribution is 0.101. The van der Waals surface area contributed by atoms with Crippen LogP contribution in [0.1, 0.15) is 46.1 Å². The van der Waals surface area contributed by atoms with Crippen molar-refractivity contribution in [3.05, 3.63) is 69.8 Å². The molecule has 1 saturated carbocycles. The molecule has 12 heteroatoms. The first-order valence-corrected chi connectivity index (χ1v) is 13.8. The van der Waals surface area contributed by atoms with Crippen LogP contribution in [0.15, 0.2) is 48.2 Å². The number of thiophene rings is 1. The number of nitrogens with two attached hydrogens (primary N) is 1.